The summed E-state index contributed by atoms with van der Waals surface area (Å²) in [5.74, 6) is -0.972. The molecule has 1 atom stereocenters. The maximum absolute atomic E-state index is 12.9. The standard InChI is InChI=1S/C65H114O6/c1-4-7-10-13-16-19-22-25-28-30-32-34-37-40-43-46-49-52-55-58-64(67)70-61-62(60-69-63(66)57-54-51-48-45-42-39-36-27-24-21-18-15-12-9-6-3)71-65(68)59-56-53-50-47-44-41-38-35-33-31-29-26-23-20-17-14-11-8-5-2/h16,19,25-26,28-29,32,34,40,43,49,52,62H,4-15,17-18,20-24,27,30-31,33,35-39,41-42,44-48,50-51,53-61H2,1-3H3/b19-16-,28-25-,29-26-,34-32-,43-40-,52-49-/t62-/m0/s1. The lowest BCUT2D eigenvalue weighted by Crippen LogP contribution is -2.30. The van der Waals surface area contributed by atoms with Gasteiger partial charge in [-0.2, -0.15) is 0 Å². The molecule has 0 rings (SSSR count). The molecule has 0 spiro atoms. The third kappa shape index (κ3) is 57.6. The van der Waals surface area contributed by atoms with Crippen molar-refractivity contribution in [2.24, 2.45) is 0 Å². The van der Waals surface area contributed by atoms with Crippen LogP contribution in [0.2, 0.25) is 0 Å². The van der Waals surface area contributed by atoms with Crippen LogP contribution in [0.1, 0.15) is 303 Å². The predicted molar refractivity (Wildman–Crippen MR) is 307 cm³/mol. The van der Waals surface area contributed by atoms with Crippen molar-refractivity contribution in [1.29, 1.82) is 0 Å². The Morgan fingerprint density at radius 2 is 0.535 bits per heavy atom. The van der Waals surface area contributed by atoms with Gasteiger partial charge in [0.15, 0.2) is 6.10 Å². The van der Waals surface area contributed by atoms with Gasteiger partial charge in [0.05, 0.1) is 0 Å². The van der Waals surface area contributed by atoms with Gasteiger partial charge in [0.1, 0.15) is 13.2 Å². The van der Waals surface area contributed by atoms with E-state index in [0.29, 0.717) is 19.3 Å². The molecule has 0 aliphatic heterocycles. The van der Waals surface area contributed by atoms with E-state index in [0.717, 1.165) is 64.2 Å². The summed E-state index contributed by atoms with van der Waals surface area (Å²) >= 11 is 0. The first-order valence-corrected chi connectivity index (χ1v) is 30.4. The number of carbonyl (C=O) groups excluding carboxylic acids is 3. The van der Waals surface area contributed by atoms with Gasteiger partial charge in [-0.15, -0.1) is 0 Å². The van der Waals surface area contributed by atoms with Crippen LogP contribution < -0.4 is 0 Å². The Bertz CT molecular complexity index is 1320. The molecule has 0 aliphatic rings. The number of esters is 3. The fraction of sp³-hybridized carbons (Fsp3) is 0.769. The van der Waals surface area contributed by atoms with E-state index in [1.807, 2.05) is 6.08 Å². The predicted octanol–water partition coefficient (Wildman–Crippen LogP) is 20.5. The molecule has 0 amide bonds. The molecule has 71 heavy (non-hydrogen) atoms. The number of allylic oxidation sites excluding steroid dienone is 12. The van der Waals surface area contributed by atoms with Gasteiger partial charge in [0.2, 0.25) is 0 Å². The van der Waals surface area contributed by atoms with Crippen LogP contribution in [0.3, 0.4) is 0 Å². The van der Waals surface area contributed by atoms with E-state index in [2.05, 4.69) is 87.6 Å². The highest BCUT2D eigenvalue weighted by Gasteiger charge is 2.19. The molecule has 0 aromatic carbocycles. The first-order valence-electron chi connectivity index (χ1n) is 30.4. The maximum Gasteiger partial charge on any atom is 0.306 e. The SMILES string of the molecule is CCCCC/C=C\C/C=C\C/C=C\C/C=C\C/C=C\CCC(=O)OC[C@H](COC(=O)CCCCCCCCCCCCCCCCC)OC(=O)CCCCCCCCCCC/C=C\CCCCCCCC. The number of ether oxygens (including phenoxy) is 3. The molecule has 0 fully saturated rings. The van der Waals surface area contributed by atoms with Crippen LogP contribution in [0.15, 0.2) is 72.9 Å². The molecule has 410 valence electrons. The Morgan fingerprint density at radius 3 is 0.915 bits per heavy atom. The molecule has 0 heterocycles. The normalized spacial score (nSPS) is 12.5. The molecular weight excluding hydrogens is 877 g/mol. The molecule has 0 aromatic rings. The Morgan fingerprint density at radius 1 is 0.282 bits per heavy atom. The zero-order valence-electron chi connectivity index (χ0n) is 47.0. The van der Waals surface area contributed by atoms with Gasteiger partial charge >= 0.3 is 17.9 Å². The lowest BCUT2D eigenvalue weighted by Gasteiger charge is -2.18. The quantitative estimate of drug-likeness (QED) is 0.0261. The minimum absolute atomic E-state index is 0.0962. The van der Waals surface area contributed by atoms with Crippen LogP contribution in [0.5, 0.6) is 0 Å². The molecule has 0 unspecified atom stereocenters. The first kappa shape index (κ1) is 67.8. The van der Waals surface area contributed by atoms with E-state index in [4.69, 9.17) is 14.2 Å². The highest BCUT2D eigenvalue weighted by molar-refractivity contribution is 5.71. The number of hydrogen-bond acceptors (Lipinski definition) is 6. The van der Waals surface area contributed by atoms with Gasteiger partial charge in [0.25, 0.3) is 0 Å². The minimum Gasteiger partial charge on any atom is -0.462 e. The summed E-state index contributed by atoms with van der Waals surface area (Å²) in [6, 6.07) is 0. The molecule has 6 nitrogen and oxygen atoms in total. The second-order valence-electron chi connectivity index (χ2n) is 20.3. The van der Waals surface area contributed by atoms with E-state index in [9.17, 15) is 14.4 Å². The Labute approximate surface area is 440 Å². The van der Waals surface area contributed by atoms with Crippen molar-refractivity contribution in [3.05, 3.63) is 72.9 Å². The lowest BCUT2D eigenvalue weighted by molar-refractivity contribution is -0.166. The summed E-state index contributed by atoms with van der Waals surface area (Å²) in [6.07, 6.45) is 76.2. The summed E-state index contributed by atoms with van der Waals surface area (Å²) in [5.41, 5.74) is 0. The van der Waals surface area contributed by atoms with Crippen molar-refractivity contribution < 1.29 is 28.6 Å². The Kier molecular flexibility index (Phi) is 56.8. The van der Waals surface area contributed by atoms with E-state index in [1.54, 1.807) is 0 Å². The van der Waals surface area contributed by atoms with Crippen LogP contribution in [0, 0.1) is 0 Å². The topological polar surface area (TPSA) is 78.9 Å². The molecule has 0 aromatic heterocycles. The Hall–Kier alpha value is -3.15. The molecule has 0 N–H and O–H groups in total. The molecule has 0 saturated heterocycles. The van der Waals surface area contributed by atoms with Crippen LogP contribution in [-0.4, -0.2) is 37.2 Å². The second-order valence-corrected chi connectivity index (χ2v) is 20.3. The third-order valence-electron chi connectivity index (χ3n) is 13.2. The van der Waals surface area contributed by atoms with E-state index in [1.165, 1.54) is 193 Å². The smallest absolute Gasteiger partial charge is 0.306 e. The van der Waals surface area contributed by atoms with Gasteiger partial charge in [-0.05, 0) is 83.5 Å². The number of unbranched alkanes of at least 4 members (excludes halogenated alkanes) is 32. The van der Waals surface area contributed by atoms with Crippen LogP contribution in [0.25, 0.3) is 0 Å². The highest BCUT2D eigenvalue weighted by Crippen LogP contribution is 2.16. The van der Waals surface area contributed by atoms with Gasteiger partial charge in [-0.3, -0.25) is 14.4 Å². The molecule has 0 saturated carbocycles. The molecule has 0 aliphatic carbocycles. The Balaban J connectivity index is 4.46. The van der Waals surface area contributed by atoms with Gasteiger partial charge in [-0.25, -0.2) is 0 Å². The van der Waals surface area contributed by atoms with Crippen molar-refractivity contribution in [2.75, 3.05) is 13.2 Å². The minimum atomic E-state index is -0.805. The number of rotatable bonds is 55. The van der Waals surface area contributed by atoms with Crippen molar-refractivity contribution in [3.63, 3.8) is 0 Å². The van der Waals surface area contributed by atoms with Gasteiger partial charge in [0, 0.05) is 19.3 Å². The first-order chi connectivity index (χ1) is 35.0. The zero-order valence-corrected chi connectivity index (χ0v) is 47.0. The fourth-order valence-electron chi connectivity index (χ4n) is 8.60. The second kappa shape index (κ2) is 59.4. The third-order valence-corrected chi connectivity index (χ3v) is 13.2. The monoisotopic (exact) mass is 991 g/mol. The summed E-state index contributed by atoms with van der Waals surface area (Å²) in [7, 11) is 0. The van der Waals surface area contributed by atoms with Gasteiger partial charge < -0.3 is 14.2 Å². The average molecular weight is 992 g/mol. The van der Waals surface area contributed by atoms with Crippen LogP contribution in [0.4, 0.5) is 0 Å². The highest BCUT2D eigenvalue weighted by atomic mass is 16.6. The molecule has 0 bridgehead atoms. The van der Waals surface area contributed by atoms with E-state index in [-0.39, 0.29) is 37.5 Å². The zero-order chi connectivity index (χ0) is 51.4. The lowest BCUT2D eigenvalue weighted by atomic mass is 10.0. The number of hydrogen-bond donors (Lipinski definition) is 0. The van der Waals surface area contributed by atoms with Crippen molar-refractivity contribution in [3.8, 4) is 0 Å². The van der Waals surface area contributed by atoms with Crippen molar-refractivity contribution >= 4 is 17.9 Å². The fourth-order valence-corrected chi connectivity index (χ4v) is 8.60. The molecular formula is C65H114O6. The van der Waals surface area contributed by atoms with Crippen LogP contribution >= 0.6 is 0 Å². The summed E-state index contributed by atoms with van der Waals surface area (Å²) in [4.78, 5) is 38.2. The summed E-state index contributed by atoms with van der Waals surface area (Å²) in [6.45, 7) is 6.58. The van der Waals surface area contributed by atoms with Crippen LogP contribution in [-0.2, 0) is 28.6 Å². The van der Waals surface area contributed by atoms with Crippen molar-refractivity contribution in [2.45, 2.75) is 309 Å². The molecule has 6 heteroatoms. The van der Waals surface area contributed by atoms with E-state index < -0.39 is 6.10 Å². The average Bonchev–Trinajstić information content (AvgIpc) is 3.37. The summed E-state index contributed by atoms with van der Waals surface area (Å²) in [5, 5.41) is 0. The van der Waals surface area contributed by atoms with Crippen molar-refractivity contribution in [1.82, 2.24) is 0 Å². The van der Waals surface area contributed by atoms with Gasteiger partial charge in [-0.1, -0.05) is 273 Å². The number of carbonyl (C=O) groups is 3. The largest absolute Gasteiger partial charge is 0.462 e. The molecule has 0 radical (unpaired) electrons. The van der Waals surface area contributed by atoms with E-state index >= 15 is 0 Å². The summed E-state index contributed by atoms with van der Waals surface area (Å²) < 4.78 is 16.8. The maximum atomic E-state index is 12.9.